The van der Waals surface area contributed by atoms with E-state index in [4.69, 9.17) is 19.9 Å². The minimum Gasteiger partial charge on any atom is -0.463 e. The van der Waals surface area contributed by atoms with Gasteiger partial charge in [-0.1, -0.05) is 0 Å². The summed E-state index contributed by atoms with van der Waals surface area (Å²) in [5.74, 6) is -3.41. The zero-order valence-corrected chi connectivity index (χ0v) is 19.1. The summed E-state index contributed by atoms with van der Waals surface area (Å²) < 4.78 is 60.5. The fraction of sp³-hybridized carbons (Fsp3) is 0.417. The first-order valence-corrected chi connectivity index (χ1v) is 11.4. The second kappa shape index (κ2) is 9.14. The highest BCUT2D eigenvalue weighted by Crippen LogP contribution is 2.40. The van der Waals surface area contributed by atoms with Crippen LogP contribution < -0.4 is 15.5 Å². The smallest absolute Gasteiger partial charge is 0.335 e. The number of hydrogen-bond donors (Lipinski definition) is 1. The Morgan fingerprint density at radius 1 is 1.26 bits per heavy atom. The number of anilines is 3. The van der Waals surface area contributed by atoms with Gasteiger partial charge < -0.3 is 29.7 Å². The summed E-state index contributed by atoms with van der Waals surface area (Å²) in [5.41, 5.74) is 6.15. The van der Waals surface area contributed by atoms with Crippen molar-refractivity contribution in [3.8, 4) is 0 Å². The number of ether oxygens (including phenoxy) is 3. The van der Waals surface area contributed by atoms with Gasteiger partial charge in [0.2, 0.25) is 0 Å². The Labute approximate surface area is 200 Å². The van der Waals surface area contributed by atoms with Crippen LogP contribution in [0.2, 0.25) is 0 Å². The summed E-state index contributed by atoms with van der Waals surface area (Å²) in [5, 5.41) is 0. The number of fused-ring (bicyclic) bond motifs is 1. The largest absolute Gasteiger partial charge is 0.463 e. The molecule has 35 heavy (non-hydrogen) atoms. The van der Waals surface area contributed by atoms with E-state index in [1.807, 2.05) is 0 Å². The van der Waals surface area contributed by atoms with Crippen molar-refractivity contribution in [2.75, 3.05) is 49.2 Å². The lowest BCUT2D eigenvalue weighted by atomic mass is 10.0. The van der Waals surface area contributed by atoms with Crippen molar-refractivity contribution in [1.82, 2.24) is 4.98 Å². The standard InChI is InChI=1S/C24H25F3N4O4/c1-2-33-23(32)15-7-14-8-19(27)22(30-6-5-24(13-30)34-12-17(10-28)35-24)29-21(14)31(11-15)20-4-3-16(25)9-18(20)26/h3-4,7-9,17H,2,5-6,10-13,28H2,1H3. The first-order valence-electron chi connectivity index (χ1n) is 11.4. The molecule has 0 radical (unpaired) electrons. The SMILES string of the molecule is CCOC(=O)C1=Cc2cc(F)c(N3CCC4(C3)OCC(CN)O4)nc2N(c2ccc(F)cc2F)C1. The zero-order valence-electron chi connectivity index (χ0n) is 19.1. The predicted octanol–water partition coefficient (Wildman–Crippen LogP) is 2.88. The van der Waals surface area contributed by atoms with Gasteiger partial charge in [0.1, 0.15) is 17.5 Å². The van der Waals surface area contributed by atoms with Gasteiger partial charge in [-0.2, -0.15) is 0 Å². The van der Waals surface area contributed by atoms with Crippen LogP contribution in [0.15, 0.2) is 29.8 Å². The first kappa shape index (κ1) is 23.6. The third kappa shape index (κ3) is 4.35. The van der Waals surface area contributed by atoms with Gasteiger partial charge in [-0.3, -0.25) is 0 Å². The second-order valence-corrected chi connectivity index (χ2v) is 8.65. The summed E-state index contributed by atoms with van der Waals surface area (Å²) in [6.45, 7) is 3.09. The molecule has 8 nitrogen and oxygen atoms in total. The minimum atomic E-state index is -0.881. The van der Waals surface area contributed by atoms with Gasteiger partial charge in [-0.05, 0) is 31.2 Å². The molecule has 186 valence electrons. The lowest BCUT2D eigenvalue weighted by Gasteiger charge is -2.31. The molecule has 3 aliphatic heterocycles. The molecule has 1 aromatic carbocycles. The fourth-order valence-corrected chi connectivity index (χ4v) is 4.64. The Morgan fingerprint density at radius 2 is 2.09 bits per heavy atom. The molecule has 2 aromatic rings. The highest BCUT2D eigenvalue weighted by atomic mass is 19.1. The van der Waals surface area contributed by atoms with E-state index >= 15 is 4.39 Å². The number of pyridine rings is 1. The maximum Gasteiger partial charge on any atom is 0.335 e. The third-order valence-electron chi connectivity index (χ3n) is 6.29. The molecule has 0 bridgehead atoms. The van der Waals surface area contributed by atoms with E-state index in [2.05, 4.69) is 4.98 Å². The van der Waals surface area contributed by atoms with Gasteiger partial charge in [0.25, 0.3) is 0 Å². The van der Waals surface area contributed by atoms with E-state index in [-0.39, 0.29) is 54.3 Å². The lowest BCUT2D eigenvalue weighted by Crippen LogP contribution is -2.36. The Hall–Kier alpha value is -3.15. The van der Waals surface area contributed by atoms with Crippen LogP contribution in [0.5, 0.6) is 0 Å². The van der Waals surface area contributed by atoms with Crippen molar-refractivity contribution in [2.24, 2.45) is 5.73 Å². The van der Waals surface area contributed by atoms with Crippen molar-refractivity contribution in [1.29, 1.82) is 0 Å². The van der Waals surface area contributed by atoms with Crippen LogP contribution in [-0.2, 0) is 19.0 Å². The average Bonchev–Trinajstić information content (AvgIpc) is 3.44. The van der Waals surface area contributed by atoms with Gasteiger partial charge in [-0.15, -0.1) is 0 Å². The Balaban J connectivity index is 1.54. The molecule has 2 unspecified atom stereocenters. The number of rotatable bonds is 5. The van der Waals surface area contributed by atoms with Crippen LogP contribution in [0.4, 0.5) is 30.5 Å². The van der Waals surface area contributed by atoms with Crippen molar-refractivity contribution in [3.63, 3.8) is 0 Å². The number of nitrogens with zero attached hydrogens (tertiary/aromatic N) is 3. The van der Waals surface area contributed by atoms with Gasteiger partial charge in [-0.25, -0.2) is 22.9 Å². The number of nitrogens with two attached hydrogens (primary N) is 1. The molecule has 11 heteroatoms. The monoisotopic (exact) mass is 490 g/mol. The Kier molecular flexibility index (Phi) is 6.16. The first-order chi connectivity index (χ1) is 16.8. The highest BCUT2D eigenvalue weighted by molar-refractivity contribution is 5.98. The van der Waals surface area contributed by atoms with Crippen molar-refractivity contribution in [3.05, 3.63) is 52.9 Å². The predicted molar refractivity (Wildman–Crippen MR) is 122 cm³/mol. The average molecular weight is 490 g/mol. The third-order valence-corrected chi connectivity index (χ3v) is 6.29. The van der Waals surface area contributed by atoms with Crippen molar-refractivity contribution >= 4 is 29.4 Å². The maximum atomic E-state index is 15.3. The molecule has 5 rings (SSSR count). The molecule has 2 N–H and O–H groups in total. The number of aromatic nitrogens is 1. The molecule has 0 amide bonds. The zero-order chi connectivity index (χ0) is 24.7. The molecule has 0 aliphatic carbocycles. The molecule has 0 saturated carbocycles. The van der Waals surface area contributed by atoms with Gasteiger partial charge in [0.15, 0.2) is 17.4 Å². The number of carbonyl (C=O) groups is 1. The normalized spacial score (nSPS) is 23.6. The van der Waals surface area contributed by atoms with Gasteiger partial charge in [0, 0.05) is 31.1 Å². The van der Waals surface area contributed by atoms with Crippen LogP contribution in [-0.4, -0.2) is 62.2 Å². The van der Waals surface area contributed by atoms with E-state index in [1.54, 1.807) is 11.8 Å². The number of halogens is 3. The Bertz CT molecular complexity index is 1190. The van der Waals surface area contributed by atoms with E-state index < -0.39 is 29.2 Å². The summed E-state index contributed by atoms with van der Waals surface area (Å²) in [4.78, 5) is 20.1. The summed E-state index contributed by atoms with van der Waals surface area (Å²) in [7, 11) is 0. The minimum absolute atomic E-state index is 0.00116. The highest BCUT2D eigenvalue weighted by Gasteiger charge is 2.47. The van der Waals surface area contributed by atoms with Crippen molar-refractivity contribution < 1.29 is 32.2 Å². The second-order valence-electron chi connectivity index (χ2n) is 8.65. The van der Waals surface area contributed by atoms with Gasteiger partial charge in [0.05, 0.1) is 43.7 Å². The molecule has 2 fully saturated rings. The van der Waals surface area contributed by atoms with Crippen LogP contribution in [0.3, 0.4) is 0 Å². The molecule has 3 aliphatic rings. The molecule has 2 atom stereocenters. The van der Waals surface area contributed by atoms with E-state index in [9.17, 15) is 13.6 Å². The molecule has 4 heterocycles. The molecular weight excluding hydrogens is 465 g/mol. The topological polar surface area (TPSA) is 90.1 Å². The molecule has 1 spiro atoms. The maximum absolute atomic E-state index is 15.3. The fourth-order valence-electron chi connectivity index (χ4n) is 4.64. The van der Waals surface area contributed by atoms with Crippen molar-refractivity contribution in [2.45, 2.75) is 25.2 Å². The van der Waals surface area contributed by atoms with Gasteiger partial charge >= 0.3 is 5.97 Å². The van der Waals surface area contributed by atoms with E-state index in [1.165, 1.54) is 23.1 Å². The summed E-state index contributed by atoms with van der Waals surface area (Å²) >= 11 is 0. The lowest BCUT2D eigenvalue weighted by molar-refractivity contribution is -0.148. The summed E-state index contributed by atoms with van der Waals surface area (Å²) in [6, 6.07) is 4.35. The van der Waals surface area contributed by atoms with Crippen LogP contribution in [0.25, 0.3) is 6.08 Å². The quantitative estimate of drug-likeness (QED) is 0.640. The molecule has 2 saturated heterocycles. The van der Waals surface area contributed by atoms with E-state index in [0.717, 1.165) is 12.1 Å². The molecular formula is C24H25F3N4O4. The number of esters is 1. The van der Waals surface area contributed by atoms with Crippen LogP contribution in [0, 0.1) is 17.5 Å². The van der Waals surface area contributed by atoms with Crippen LogP contribution in [0.1, 0.15) is 18.9 Å². The number of hydrogen-bond acceptors (Lipinski definition) is 8. The number of carbonyl (C=O) groups excluding carboxylic acids is 1. The summed E-state index contributed by atoms with van der Waals surface area (Å²) in [6.07, 6.45) is 1.76. The Morgan fingerprint density at radius 3 is 2.80 bits per heavy atom. The molecule has 1 aromatic heterocycles. The number of benzene rings is 1. The van der Waals surface area contributed by atoms with Crippen LogP contribution >= 0.6 is 0 Å². The van der Waals surface area contributed by atoms with E-state index in [0.29, 0.717) is 26.1 Å².